The van der Waals surface area contributed by atoms with Crippen molar-refractivity contribution in [2.45, 2.75) is 43.3 Å². The van der Waals surface area contributed by atoms with Gasteiger partial charge in [0, 0.05) is 21.9 Å². The molecule has 4 saturated carbocycles. The Hall–Kier alpha value is -0.710. The summed E-state index contributed by atoms with van der Waals surface area (Å²) in [6, 6.07) is 0. The Balaban J connectivity index is 1.85. The fraction of sp³-hybridized carbons (Fsp3) is 0.846. The van der Waals surface area contributed by atoms with Crippen LogP contribution in [0.25, 0.3) is 0 Å². The number of rotatable bonds is 4. The van der Waals surface area contributed by atoms with E-state index < -0.39 is 17.4 Å². The van der Waals surface area contributed by atoms with Crippen LogP contribution in [-0.4, -0.2) is 22.4 Å². The van der Waals surface area contributed by atoms with Crippen LogP contribution in [-0.2, 0) is 9.59 Å². The predicted octanol–water partition coefficient (Wildman–Crippen LogP) is -0.442. The van der Waals surface area contributed by atoms with Gasteiger partial charge in [-0.15, -0.1) is 11.8 Å². The lowest BCUT2D eigenvalue weighted by Gasteiger charge is -2.62. The fourth-order valence-corrected chi connectivity index (χ4v) is 6.31. The topological polar surface area (TPSA) is 80.3 Å². The summed E-state index contributed by atoms with van der Waals surface area (Å²) < 4.78 is -0.149. The van der Waals surface area contributed by atoms with Gasteiger partial charge in [-0.1, -0.05) is 0 Å². The Morgan fingerprint density at radius 1 is 1.11 bits per heavy atom. The second-order valence-electron chi connectivity index (χ2n) is 6.37. The first-order chi connectivity index (χ1) is 8.43. The molecular formula is C13H16O4S-2. The van der Waals surface area contributed by atoms with E-state index in [1.165, 1.54) is 11.8 Å². The number of carboxylic acids is 2. The zero-order valence-corrected chi connectivity index (χ0v) is 11.0. The van der Waals surface area contributed by atoms with Gasteiger partial charge in [0.25, 0.3) is 0 Å². The van der Waals surface area contributed by atoms with E-state index in [0.717, 1.165) is 32.1 Å². The largest absolute Gasteiger partial charge is 0.550 e. The van der Waals surface area contributed by atoms with Crippen molar-refractivity contribution in [3.8, 4) is 0 Å². The van der Waals surface area contributed by atoms with Crippen LogP contribution in [0.1, 0.15) is 38.5 Å². The van der Waals surface area contributed by atoms with Crippen molar-refractivity contribution in [1.29, 1.82) is 0 Å². The third-order valence-electron chi connectivity index (χ3n) is 4.94. The van der Waals surface area contributed by atoms with Crippen LogP contribution in [0.2, 0.25) is 0 Å². The van der Waals surface area contributed by atoms with Gasteiger partial charge in [-0.25, -0.2) is 0 Å². The Morgan fingerprint density at radius 3 is 2.22 bits per heavy atom. The minimum absolute atomic E-state index is 0.0252. The third-order valence-corrected chi connectivity index (χ3v) is 6.41. The molecule has 0 heterocycles. The number of carbonyl (C=O) groups excluding carboxylic acids is 2. The molecule has 0 radical (unpaired) electrons. The first-order valence-electron chi connectivity index (χ1n) is 6.48. The molecule has 5 heteroatoms. The van der Waals surface area contributed by atoms with Gasteiger partial charge in [-0.3, -0.25) is 0 Å². The Morgan fingerprint density at radius 2 is 1.72 bits per heavy atom. The summed E-state index contributed by atoms with van der Waals surface area (Å²) in [4.78, 5) is 22.1. The molecule has 0 N–H and O–H groups in total. The molecule has 0 saturated heterocycles. The van der Waals surface area contributed by atoms with Crippen molar-refractivity contribution >= 4 is 23.7 Å². The smallest absolute Gasteiger partial charge is 0.0513 e. The normalized spacial score (nSPS) is 45.1. The molecule has 0 aliphatic heterocycles. The highest BCUT2D eigenvalue weighted by Crippen LogP contribution is 2.65. The molecule has 4 bridgehead atoms. The third kappa shape index (κ3) is 1.83. The van der Waals surface area contributed by atoms with Crippen LogP contribution < -0.4 is 10.2 Å². The van der Waals surface area contributed by atoms with Gasteiger partial charge in [-0.05, 0) is 50.4 Å². The van der Waals surface area contributed by atoms with E-state index in [0.29, 0.717) is 18.3 Å². The Labute approximate surface area is 110 Å². The van der Waals surface area contributed by atoms with Crippen molar-refractivity contribution in [2.75, 3.05) is 5.75 Å². The summed E-state index contributed by atoms with van der Waals surface area (Å²) >= 11 is 1.40. The molecule has 0 aromatic carbocycles. The highest BCUT2D eigenvalue weighted by atomic mass is 32.2. The maximum atomic E-state index is 11.5. The highest BCUT2D eigenvalue weighted by molar-refractivity contribution is 8.01. The lowest BCUT2D eigenvalue weighted by molar-refractivity contribution is -0.326. The molecule has 4 fully saturated rings. The molecule has 4 aliphatic rings. The van der Waals surface area contributed by atoms with E-state index in [2.05, 4.69) is 0 Å². The monoisotopic (exact) mass is 268 g/mol. The molecule has 18 heavy (non-hydrogen) atoms. The molecule has 4 aliphatic carbocycles. The summed E-state index contributed by atoms with van der Waals surface area (Å²) in [6.45, 7) is 0. The van der Waals surface area contributed by atoms with E-state index in [1.807, 2.05) is 0 Å². The number of aliphatic carboxylic acids is 2. The summed E-state index contributed by atoms with van der Waals surface area (Å²) in [5.41, 5.74) is -0.678. The minimum atomic E-state index is -1.06. The second-order valence-corrected chi connectivity index (χ2v) is 7.82. The lowest BCUT2D eigenvalue weighted by atomic mass is 9.49. The average Bonchev–Trinajstić information content (AvgIpc) is 2.24. The van der Waals surface area contributed by atoms with Crippen molar-refractivity contribution in [3.05, 3.63) is 0 Å². The zero-order chi connectivity index (χ0) is 13.0. The molecule has 0 spiro atoms. The van der Waals surface area contributed by atoms with Crippen LogP contribution in [0.15, 0.2) is 0 Å². The number of hydrogen-bond acceptors (Lipinski definition) is 5. The average molecular weight is 268 g/mol. The summed E-state index contributed by atoms with van der Waals surface area (Å²) in [5.74, 6) is -1.12. The van der Waals surface area contributed by atoms with Crippen LogP contribution in [0.4, 0.5) is 0 Å². The molecule has 0 aromatic rings. The van der Waals surface area contributed by atoms with Gasteiger partial charge in [0.05, 0.1) is 5.97 Å². The van der Waals surface area contributed by atoms with Gasteiger partial charge in [-0.2, -0.15) is 0 Å². The minimum Gasteiger partial charge on any atom is -0.550 e. The van der Waals surface area contributed by atoms with Gasteiger partial charge in [0.1, 0.15) is 0 Å². The van der Waals surface area contributed by atoms with Crippen molar-refractivity contribution in [2.24, 2.45) is 17.3 Å². The van der Waals surface area contributed by atoms with Gasteiger partial charge < -0.3 is 19.8 Å². The molecule has 0 amide bonds. The molecule has 0 aromatic heterocycles. The van der Waals surface area contributed by atoms with Gasteiger partial charge in [0.15, 0.2) is 0 Å². The maximum absolute atomic E-state index is 11.5. The number of carbonyl (C=O) groups is 2. The van der Waals surface area contributed by atoms with Crippen molar-refractivity contribution < 1.29 is 19.8 Å². The standard InChI is InChI=1S/C13H18O4S/c14-10(15)6-18-13-4-8-1-9(5-13)3-12(2-8,7-13)11(16)17/h8-9H,1-7H2,(H,14,15)(H,16,17)/p-2/t8-,9+,12?,13?. The Bertz CT molecular complexity index is 392. The van der Waals surface area contributed by atoms with E-state index in [4.69, 9.17) is 0 Å². The van der Waals surface area contributed by atoms with E-state index >= 15 is 0 Å². The number of carboxylic acid groups (broad SMARTS) is 2. The number of hydrogen-bond donors (Lipinski definition) is 0. The summed E-state index contributed by atoms with van der Waals surface area (Å²) in [5, 5.41) is 22.1. The van der Waals surface area contributed by atoms with Crippen LogP contribution in [0.5, 0.6) is 0 Å². The van der Waals surface area contributed by atoms with Crippen molar-refractivity contribution in [1.82, 2.24) is 0 Å². The Kier molecular flexibility index (Phi) is 2.66. The summed E-state index contributed by atoms with van der Waals surface area (Å²) in [6.07, 6.45) is 5.11. The van der Waals surface area contributed by atoms with E-state index in [-0.39, 0.29) is 10.5 Å². The van der Waals surface area contributed by atoms with E-state index in [9.17, 15) is 19.8 Å². The predicted molar refractivity (Wildman–Crippen MR) is 62.3 cm³/mol. The molecule has 2 unspecified atom stereocenters. The highest BCUT2D eigenvalue weighted by Gasteiger charge is 2.58. The molecule has 4 nitrogen and oxygen atoms in total. The number of thioether (sulfide) groups is 1. The quantitative estimate of drug-likeness (QED) is 0.690. The van der Waals surface area contributed by atoms with E-state index in [1.54, 1.807) is 0 Å². The van der Waals surface area contributed by atoms with Gasteiger partial charge >= 0.3 is 0 Å². The molecule has 100 valence electrons. The van der Waals surface area contributed by atoms with Crippen LogP contribution in [0.3, 0.4) is 0 Å². The van der Waals surface area contributed by atoms with Crippen LogP contribution in [0, 0.1) is 17.3 Å². The zero-order valence-electron chi connectivity index (χ0n) is 10.1. The SMILES string of the molecule is O=C([O-])CSC12C[C@H]3C[C@@H](C1)CC(C(=O)[O-])(C3)C2. The molecule has 4 rings (SSSR count). The molecular weight excluding hydrogens is 252 g/mol. The second kappa shape index (κ2) is 3.89. The first kappa shape index (κ1) is 12.3. The maximum Gasteiger partial charge on any atom is 0.0513 e. The first-order valence-corrected chi connectivity index (χ1v) is 7.47. The van der Waals surface area contributed by atoms with Crippen LogP contribution >= 0.6 is 11.8 Å². The molecule has 4 atom stereocenters. The van der Waals surface area contributed by atoms with Gasteiger partial charge in [0.2, 0.25) is 0 Å². The summed E-state index contributed by atoms with van der Waals surface area (Å²) in [7, 11) is 0. The lowest BCUT2D eigenvalue weighted by Crippen LogP contribution is -2.60. The van der Waals surface area contributed by atoms with Crippen molar-refractivity contribution in [3.63, 3.8) is 0 Å². The fourth-order valence-electron chi connectivity index (χ4n) is 4.80.